The summed E-state index contributed by atoms with van der Waals surface area (Å²) in [7, 11) is 0. The minimum atomic E-state index is -0.141. The summed E-state index contributed by atoms with van der Waals surface area (Å²) >= 11 is 0. The molecule has 2 aromatic rings. The molecule has 0 spiro atoms. The number of hydrogen-bond donors (Lipinski definition) is 2. The Bertz CT molecular complexity index is 705. The van der Waals surface area contributed by atoms with Crippen molar-refractivity contribution < 1.29 is 9.21 Å². The molecule has 21 heavy (non-hydrogen) atoms. The lowest BCUT2D eigenvalue weighted by Gasteiger charge is -2.08. The molecule has 0 fully saturated rings. The molecule has 0 unspecified atom stereocenters. The molecular weight excluding hydrogens is 264 g/mol. The zero-order chi connectivity index (χ0) is 15.2. The van der Waals surface area contributed by atoms with Gasteiger partial charge in [0.15, 0.2) is 0 Å². The molecule has 2 rings (SSSR count). The van der Waals surface area contributed by atoms with E-state index in [4.69, 9.17) is 10.2 Å². The van der Waals surface area contributed by atoms with Crippen molar-refractivity contribution in [2.24, 2.45) is 5.73 Å². The van der Waals surface area contributed by atoms with E-state index in [9.17, 15) is 4.79 Å². The van der Waals surface area contributed by atoms with E-state index >= 15 is 0 Å². The molecule has 0 atom stereocenters. The Kier molecular flexibility index (Phi) is 4.81. The van der Waals surface area contributed by atoms with Gasteiger partial charge in [0.25, 0.3) is 5.91 Å². The Morgan fingerprint density at radius 2 is 2.10 bits per heavy atom. The first-order chi connectivity index (χ1) is 10.1. The summed E-state index contributed by atoms with van der Waals surface area (Å²) < 4.78 is 5.43. The Morgan fingerprint density at radius 3 is 2.76 bits per heavy atom. The van der Waals surface area contributed by atoms with Gasteiger partial charge in [-0.15, -0.1) is 0 Å². The van der Waals surface area contributed by atoms with E-state index in [2.05, 4.69) is 17.2 Å². The number of benzene rings is 1. The summed E-state index contributed by atoms with van der Waals surface area (Å²) in [6.45, 7) is 4.42. The van der Waals surface area contributed by atoms with Crippen LogP contribution in [0.15, 0.2) is 34.7 Å². The number of amides is 1. The highest BCUT2D eigenvalue weighted by Crippen LogP contribution is 2.13. The maximum absolute atomic E-state index is 12.2. The Labute approximate surface area is 124 Å². The second-order valence-electron chi connectivity index (χ2n) is 4.68. The number of rotatable bonds is 3. The smallest absolute Gasteiger partial charge is 0.251 e. The number of aryl methyl sites for hydroxylation is 1. The average Bonchev–Trinajstić information content (AvgIpc) is 2.89. The molecule has 3 N–H and O–H groups in total. The summed E-state index contributed by atoms with van der Waals surface area (Å²) in [5, 5.41) is 2.85. The van der Waals surface area contributed by atoms with E-state index in [1.807, 2.05) is 38.1 Å². The predicted octanol–water partition coefficient (Wildman–Crippen LogP) is 2.14. The third-order valence-electron chi connectivity index (χ3n) is 3.12. The van der Waals surface area contributed by atoms with Crippen LogP contribution < -0.4 is 11.1 Å². The second-order valence-corrected chi connectivity index (χ2v) is 4.68. The van der Waals surface area contributed by atoms with Crippen LogP contribution in [0.2, 0.25) is 0 Å². The molecule has 0 aliphatic rings. The van der Waals surface area contributed by atoms with Gasteiger partial charge in [0.1, 0.15) is 11.5 Å². The first-order valence-corrected chi connectivity index (χ1v) is 6.74. The summed E-state index contributed by atoms with van der Waals surface area (Å²) in [5.74, 6) is 7.20. The van der Waals surface area contributed by atoms with Crippen LogP contribution in [0.4, 0.5) is 0 Å². The summed E-state index contributed by atoms with van der Waals surface area (Å²) in [6.07, 6.45) is 0. The van der Waals surface area contributed by atoms with Gasteiger partial charge in [-0.3, -0.25) is 4.79 Å². The molecule has 0 saturated heterocycles. The Balaban J connectivity index is 2.12. The van der Waals surface area contributed by atoms with Crippen LogP contribution in [0.25, 0.3) is 0 Å². The Morgan fingerprint density at radius 1 is 1.29 bits per heavy atom. The van der Waals surface area contributed by atoms with Gasteiger partial charge in [-0.05, 0) is 43.7 Å². The van der Waals surface area contributed by atoms with Crippen LogP contribution in [0.1, 0.15) is 33.0 Å². The topological polar surface area (TPSA) is 68.3 Å². The third-order valence-corrected chi connectivity index (χ3v) is 3.12. The first kappa shape index (κ1) is 14.9. The number of nitrogens with one attached hydrogen (secondary N) is 1. The highest BCUT2D eigenvalue weighted by atomic mass is 16.3. The Hall–Kier alpha value is -2.51. The molecule has 1 aromatic carbocycles. The van der Waals surface area contributed by atoms with Crippen molar-refractivity contribution in [1.29, 1.82) is 0 Å². The van der Waals surface area contributed by atoms with Gasteiger partial charge in [-0.2, -0.15) is 0 Å². The fourth-order valence-electron chi connectivity index (χ4n) is 2.01. The van der Waals surface area contributed by atoms with Gasteiger partial charge in [-0.1, -0.05) is 17.9 Å². The minimum absolute atomic E-state index is 0.141. The van der Waals surface area contributed by atoms with Crippen molar-refractivity contribution in [3.63, 3.8) is 0 Å². The molecule has 0 radical (unpaired) electrons. The van der Waals surface area contributed by atoms with Crippen LogP contribution in [-0.2, 0) is 6.54 Å². The zero-order valence-electron chi connectivity index (χ0n) is 12.2. The van der Waals surface area contributed by atoms with Crippen LogP contribution in [0, 0.1) is 25.7 Å². The quantitative estimate of drug-likeness (QED) is 0.847. The zero-order valence-corrected chi connectivity index (χ0v) is 12.2. The lowest BCUT2D eigenvalue weighted by molar-refractivity contribution is 0.0947. The molecule has 1 aromatic heterocycles. The lowest BCUT2D eigenvalue weighted by Crippen LogP contribution is -2.23. The SMILES string of the molecule is Cc1ccc(CNC(=O)c2cccc(C#CCN)c2C)o1. The van der Waals surface area contributed by atoms with Gasteiger partial charge >= 0.3 is 0 Å². The van der Waals surface area contributed by atoms with Gasteiger partial charge in [0, 0.05) is 11.1 Å². The summed E-state index contributed by atoms with van der Waals surface area (Å²) in [4.78, 5) is 12.2. The van der Waals surface area contributed by atoms with Crippen molar-refractivity contribution in [3.8, 4) is 11.8 Å². The van der Waals surface area contributed by atoms with Crippen LogP contribution >= 0.6 is 0 Å². The molecular formula is C17H18N2O2. The van der Waals surface area contributed by atoms with E-state index in [0.717, 1.165) is 22.6 Å². The molecule has 1 amide bonds. The van der Waals surface area contributed by atoms with Crippen molar-refractivity contribution >= 4 is 5.91 Å². The minimum Gasteiger partial charge on any atom is -0.465 e. The van der Waals surface area contributed by atoms with Crippen molar-refractivity contribution in [2.75, 3.05) is 6.54 Å². The van der Waals surface area contributed by atoms with Gasteiger partial charge in [0.2, 0.25) is 0 Å². The summed E-state index contributed by atoms with van der Waals surface area (Å²) in [5.41, 5.74) is 7.66. The van der Waals surface area contributed by atoms with Gasteiger partial charge in [0.05, 0.1) is 13.1 Å². The number of carbonyl (C=O) groups excluding carboxylic acids is 1. The molecule has 4 heteroatoms. The first-order valence-electron chi connectivity index (χ1n) is 6.74. The number of hydrogen-bond acceptors (Lipinski definition) is 3. The fourth-order valence-corrected chi connectivity index (χ4v) is 2.01. The van der Waals surface area contributed by atoms with E-state index in [-0.39, 0.29) is 5.91 Å². The average molecular weight is 282 g/mol. The van der Waals surface area contributed by atoms with Crippen molar-refractivity contribution in [3.05, 3.63) is 58.5 Å². The standard InChI is InChI=1S/C17H18N2O2/c1-12-8-9-15(21-12)11-19-17(20)16-7-3-5-14(13(16)2)6-4-10-18/h3,5,7-9H,10-11,18H2,1-2H3,(H,19,20). The highest BCUT2D eigenvalue weighted by molar-refractivity contribution is 5.96. The highest BCUT2D eigenvalue weighted by Gasteiger charge is 2.11. The normalized spacial score (nSPS) is 9.86. The summed E-state index contributed by atoms with van der Waals surface area (Å²) in [6, 6.07) is 9.21. The molecule has 1 heterocycles. The molecule has 0 aliphatic carbocycles. The van der Waals surface area contributed by atoms with Gasteiger partial charge < -0.3 is 15.5 Å². The van der Waals surface area contributed by atoms with Crippen molar-refractivity contribution in [1.82, 2.24) is 5.32 Å². The monoisotopic (exact) mass is 282 g/mol. The van der Waals surface area contributed by atoms with Crippen molar-refractivity contribution in [2.45, 2.75) is 20.4 Å². The van der Waals surface area contributed by atoms with E-state index in [1.54, 1.807) is 6.07 Å². The lowest BCUT2D eigenvalue weighted by atomic mass is 10.0. The molecule has 0 aliphatic heterocycles. The second kappa shape index (κ2) is 6.78. The predicted molar refractivity (Wildman–Crippen MR) is 81.7 cm³/mol. The van der Waals surface area contributed by atoms with Crippen LogP contribution in [-0.4, -0.2) is 12.5 Å². The number of carbonyl (C=O) groups is 1. The third kappa shape index (κ3) is 3.74. The van der Waals surface area contributed by atoms with Crippen LogP contribution in [0.3, 0.4) is 0 Å². The molecule has 108 valence electrons. The van der Waals surface area contributed by atoms with Gasteiger partial charge in [-0.25, -0.2) is 0 Å². The molecule has 4 nitrogen and oxygen atoms in total. The maximum atomic E-state index is 12.2. The van der Waals surface area contributed by atoms with Crippen LogP contribution in [0.5, 0.6) is 0 Å². The molecule has 0 bridgehead atoms. The number of furan rings is 1. The largest absolute Gasteiger partial charge is 0.465 e. The maximum Gasteiger partial charge on any atom is 0.251 e. The fraction of sp³-hybridized carbons (Fsp3) is 0.235. The number of nitrogens with two attached hydrogens (primary N) is 1. The molecule has 0 saturated carbocycles. The van der Waals surface area contributed by atoms with E-state index in [0.29, 0.717) is 18.7 Å². The van der Waals surface area contributed by atoms with E-state index in [1.165, 1.54) is 0 Å². The van der Waals surface area contributed by atoms with E-state index < -0.39 is 0 Å².